The number of hydrogen-bond donors (Lipinski definition) is 1. The molecule has 0 radical (unpaired) electrons. The van der Waals surface area contributed by atoms with Gasteiger partial charge in [0, 0.05) is 36.8 Å². The maximum absolute atomic E-state index is 5.30. The van der Waals surface area contributed by atoms with Crippen molar-refractivity contribution in [2.75, 3.05) is 13.1 Å². The summed E-state index contributed by atoms with van der Waals surface area (Å²) in [4.78, 5) is 2.57. The summed E-state index contributed by atoms with van der Waals surface area (Å²) in [5.74, 6) is 0.957. The SMILES string of the molecule is CCC1CN(C(C)c2c(C)noc2C)C(C)CN1. The lowest BCUT2D eigenvalue weighted by atomic mass is 10.00. The van der Waals surface area contributed by atoms with E-state index in [9.17, 15) is 0 Å². The molecule has 0 amide bonds. The Kier molecular flexibility index (Phi) is 4.07. The third-order valence-electron chi connectivity index (χ3n) is 4.20. The lowest BCUT2D eigenvalue weighted by Crippen LogP contribution is -2.55. The van der Waals surface area contributed by atoms with E-state index in [1.807, 2.05) is 13.8 Å². The van der Waals surface area contributed by atoms with Crippen LogP contribution in [0, 0.1) is 13.8 Å². The first-order valence-corrected chi connectivity index (χ1v) is 6.96. The minimum atomic E-state index is 0.377. The van der Waals surface area contributed by atoms with Crippen molar-refractivity contribution in [2.24, 2.45) is 0 Å². The molecule has 1 N–H and O–H groups in total. The number of rotatable bonds is 3. The van der Waals surface area contributed by atoms with Crippen LogP contribution in [0.25, 0.3) is 0 Å². The second kappa shape index (κ2) is 5.41. The van der Waals surface area contributed by atoms with E-state index in [1.165, 1.54) is 12.0 Å². The summed E-state index contributed by atoms with van der Waals surface area (Å²) in [7, 11) is 0. The molecule has 0 spiro atoms. The first-order chi connectivity index (χ1) is 8.54. The highest BCUT2D eigenvalue weighted by atomic mass is 16.5. The quantitative estimate of drug-likeness (QED) is 0.896. The highest BCUT2D eigenvalue weighted by Crippen LogP contribution is 2.29. The summed E-state index contributed by atoms with van der Waals surface area (Å²) >= 11 is 0. The van der Waals surface area contributed by atoms with E-state index in [0.29, 0.717) is 18.1 Å². The van der Waals surface area contributed by atoms with Crippen molar-refractivity contribution >= 4 is 0 Å². The van der Waals surface area contributed by atoms with Crippen molar-refractivity contribution < 1.29 is 4.52 Å². The van der Waals surface area contributed by atoms with Crippen LogP contribution in [-0.4, -0.2) is 35.2 Å². The predicted octanol–water partition coefficient (Wildman–Crippen LogP) is 2.42. The van der Waals surface area contributed by atoms with E-state index < -0.39 is 0 Å². The Bertz CT molecular complexity index is 382. The summed E-state index contributed by atoms with van der Waals surface area (Å²) in [6.45, 7) is 13.0. The Morgan fingerprint density at radius 2 is 2.22 bits per heavy atom. The Labute approximate surface area is 110 Å². The summed E-state index contributed by atoms with van der Waals surface area (Å²) in [5, 5.41) is 7.68. The second-order valence-electron chi connectivity index (χ2n) is 5.47. The van der Waals surface area contributed by atoms with Gasteiger partial charge in [0.15, 0.2) is 0 Å². The Morgan fingerprint density at radius 3 is 2.78 bits per heavy atom. The normalized spacial score (nSPS) is 27.4. The summed E-state index contributed by atoms with van der Waals surface area (Å²) in [6, 6.07) is 1.53. The number of hydrogen-bond acceptors (Lipinski definition) is 4. The van der Waals surface area contributed by atoms with E-state index in [1.54, 1.807) is 0 Å². The monoisotopic (exact) mass is 251 g/mol. The zero-order valence-corrected chi connectivity index (χ0v) is 12.2. The topological polar surface area (TPSA) is 41.3 Å². The summed E-state index contributed by atoms with van der Waals surface area (Å²) in [5.41, 5.74) is 2.29. The highest BCUT2D eigenvalue weighted by Gasteiger charge is 2.30. The molecule has 18 heavy (non-hydrogen) atoms. The fourth-order valence-electron chi connectivity index (χ4n) is 3.02. The van der Waals surface area contributed by atoms with Gasteiger partial charge in [0.25, 0.3) is 0 Å². The lowest BCUT2D eigenvalue weighted by Gasteiger charge is -2.42. The van der Waals surface area contributed by atoms with Gasteiger partial charge < -0.3 is 9.84 Å². The molecule has 1 aliphatic rings. The van der Waals surface area contributed by atoms with Crippen LogP contribution in [0.15, 0.2) is 4.52 Å². The summed E-state index contributed by atoms with van der Waals surface area (Å²) in [6.07, 6.45) is 1.18. The van der Waals surface area contributed by atoms with Gasteiger partial charge in [-0.1, -0.05) is 12.1 Å². The summed E-state index contributed by atoms with van der Waals surface area (Å²) < 4.78 is 5.30. The van der Waals surface area contributed by atoms with Crippen LogP contribution in [0.1, 0.15) is 50.3 Å². The molecular weight excluding hydrogens is 226 g/mol. The molecule has 0 aliphatic carbocycles. The minimum Gasteiger partial charge on any atom is -0.361 e. The van der Waals surface area contributed by atoms with Gasteiger partial charge in [0.2, 0.25) is 0 Å². The molecule has 102 valence electrons. The van der Waals surface area contributed by atoms with Crippen LogP contribution in [-0.2, 0) is 0 Å². The van der Waals surface area contributed by atoms with Gasteiger partial charge in [-0.3, -0.25) is 4.90 Å². The van der Waals surface area contributed by atoms with Crippen molar-refractivity contribution in [1.82, 2.24) is 15.4 Å². The van der Waals surface area contributed by atoms with Crippen LogP contribution in [0.4, 0.5) is 0 Å². The zero-order valence-electron chi connectivity index (χ0n) is 12.2. The van der Waals surface area contributed by atoms with Crippen LogP contribution < -0.4 is 5.32 Å². The first-order valence-electron chi connectivity index (χ1n) is 6.96. The molecule has 1 saturated heterocycles. The minimum absolute atomic E-state index is 0.377. The molecule has 1 aromatic heterocycles. The fourth-order valence-corrected chi connectivity index (χ4v) is 3.02. The number of nitrogens with one attached hydrogen (secondary N) is 1. The maximum atomic E-state index is 5.30. The molecule has 3 unspecified atom stereocenters. The molecule has 0 bridgehead atoms. The molecule has 1 aromatic rings. The van der Waals surface area contributed by atoms with E-state index in [0.717, 1.165) is 24.5 Å². The van der Waals surface area contributed by atoms with Gasteiger partial charge in [-0.2, -0.15) is 0 Å². The largest absolute Gasteiger partial charge is 0.361 e. The van der Waals surface area contributed by atoms with Gasteiger partial charge in [-0.15, -0.1) is 0 Å². The molecular formula is C14H25N3O. The molecule has 0 saturated carbocycles. The standard InChI is InChI=1S/C14H25N3O/c1-6-13-8-17(9(2)7-15-13)11(4)14-10(3)16-18-12(14)5/h9,11,13,15H,6-8H2,1-5H3. The third kappa shape index (κ3) is 2.45. The van der Waals surface area contributed by atoms with E-state index in [4.69, 9.17) is 4.52 Å². The van der Waals surface area contributed by atoms with Crippen LogP contribution in [0.3, 0.4) is 0 Å². The number of nitrogens with zero attached hydrogens (tertiary/aromatic N) is 2. The van der Waals surface area contributed by atoms with E-state index in [-0.39, 0.29) is 0 Å². The van der Waals surface area contributed by atoms with Gasteiger partial charge in [0.1, 0.15) is 5.76 Å². The fraction of sp³-hybridized carbons (Fsp3) is 0.786. The molecule has 1 fully saturated rings. The molecule has 4 nitrogen and oxygen atoms in total. The predicted molar refractivity (Wildman–Crippen MR) is 72.6 cm³/mol. The molecule has 2 heterocycles. The highest BCUT2D eigenvalue weighted by molar-refractivity contribution is 5.25. The van der Waals surface area contributed by atoms with Gasteiger partial charge in [0.05, 0.1) is 5.69 Å². The maximum Gasteiger partial charge on any atom is 0.138 e. The smallest absolute Gasteiger partial charge is 0.138 e. The molecule has 2 rings (SSSR count). The average Bonchev–Trinajstić information content (AvgIpc) is 2.69. The first kappa shape index (κ1) is 13.6. The van der Waals surface area contributed by atoms with Crippen molar-refractivity contribution in [3.05, 3.63) is 17.0 Å². The van der Waals surface area contributed by atoms with Crippen LogP contribution in [0.5, 0.6) is 0 Å². The van der Waals surface area contributed by atoms with Crippen LogP contribution in [0.2, 0.25) is 0 Å². The Balaban J connectivity index is 2.19. The molecule has 1 aliphatic heterocycles. The van der Waals surface area contributed by atoms with Crippen molar-refractivity contribution in [3.8, 4) is 0 Å². The number of aromatic nitrogens is 1. The van der Waals surface area contributed by atoms with Gasteiger partial charge in [-0.25, -0.2) is 0 Å². The number of piperazine rings is 1. The Morgan fingerprint density at radius 1 is 1.50 bits per heavy atom. The van der Waals surface area contributed by atoms with Crippen LogP contribution >= 0.6 is 0 Å². The number of aryl methyl sites for hydroxylation is 2. The second-order valence-corrected chi connectivity index (χ2v) is 5.47. The van der Waals surface area contributed by atoms with Gasteiger partial charge in [-0.05, 0) is 34.1 Å². The lowest BCUT2D eigenvalue weighted by molar-refractivity contribution is 0.0966. The van der Waals surface area contributed by atoms with Crippen molar-refractivity contribution in [2.45, 2.75) is 59.2 Å². The van der Waals surface area contributed by atoms with E-state index >= 15 is 0 Å². The van der Waals surface area contributed by atoms with Gasteiger partial charge >= 0.3 is 0 Å². The Hall–Kier alpha value is -0.870. The van der Waals surface area contributed by atoms with Crippen molar-refractivity contribution in [1.29, 1.82) is 0 Å². The molecule has 0 aromatic carbocycles. The third-order valence-corrected chi connectivity index (χ3v) is 4.20. The average molecular weight is 251 g/mol. The van der Waals surface area contributed by atoms with Crippen molar-refractivity contribution in [3.63, 3.8) is 0 Å². The molecule has 4 heteroatoms. The zero-order chi connectivity index (χ0) is 13.3. The van der Waals surface area contributed by atoms with E-state index in [2.05, 4.69) is 36.1 Å². The molecule has 3 atom stereocenters.